The molecular weight excluding hydrogens is 464 g/mol. The maximum absolute atomic E-state index is 14.1. The zero-order chi connectivity index (χ0) is 24.7. The minimum Gasteiger partial charge on any atom is -0.481 e. The van der Waals surface area contributed by atoms with E-state index in [1.807, 2.05) is 0 Å². The van der Waals surface area contributed by atoms with Gasteiger partial charge in [0.05, 0.1) is 12.0 Å². The Hall–Kier alpha value is -2.66. The average Bonchev–Trinajstić information content (AvgIpc) is 2.65. The lowest BCUT2D eigenvalue weighted by Gasteiger charge is -2.42. The maximum atomic E-state index is 14.1. The summed E-state index contributed by atoms with van der Waals surface area (Å²) in [6.45, 7) is 5.47. The van der Waals surface area contributed by atoms with Crippen LogP contribution in [0.4, 0.5) is 23.2 Å². The van der Waals surface area contributed by atoms with E-state index in [9.17, 15) is 30.8 Å². The number of nitrogens with zero attached hydrogens (tertiary/aromatic N) is 2. The van der Waals surface area contributed by atoms with E-state index in [-0.39, 0.29) is 30.1 Å². The molecular formula is C22H25F4N2O4S+. The van der Waals surface area contributed by atoms with Gasteiger partial charge in [0.1, 0.15) is 10.7 Å². The second-order valence-corrected chi connectivity index (χ2v) is 10.2. The van der Waals surface area contributed by atoms with Crippen LogP contribution < -0.4 is 4.90 Å². The van der Waals surface area contributed by atoms with Crippen LogP contribution in [0.15, 0.2) is 41.3 Å². The lowest BCUT2D eigenvalue weighted by molar-refractivity contribution is -0.140. The van der Waals surface area contributed by atoms with Gasteiger partial charge in [-0.25, -0.2) is 8.60 Å². The Labute approximate surface area is 189 Å². The number of carboxylic acid groups (broad SMARTS) is 1. The fourth-order valence-corrected chi connectivity index (χ4v) is 6.31. The number of aryl methyl sites for hydroxylation is 1. The van der Waals surface area contributed by atoms with Gasteiger partial charge in [-0.1, -0.05) is 6.07 Å². The first-order chi connectivity index (χ1) is 15.2. The molecule has 1 fully saturated rings. The second-order valence-electron chi connectivity index (χ2n) is 8.35. The summed E-state index contributed by atoms with van der Waals surface area (Å²) in [6.07, 6.45) is -5.08. The fourth-order valence-electron chi connectivity index (χ4n) is 4.31. The average molecular weight is 490 g/mol. The quantitative estimate of drug-likeness (QED) is 0.504. The van der Waals surface area contributed by atoms with Crippen LogP contribution in [-0.2, 0) is 27.4 Å². The van der Waals surface area contributed by atoms with E-state index < -0.39 is 45.6 Å². The highest BCUT2D eigenvalue weighted by Gasteiger charge is 2.43. The number of rotatable bonds is 5. The van der Waals surface area contributed by atoms with Crippen LogP contribution in [-0.4, -0.2) is 49.0 Å². The smallest absolute Gasteiger partial charge is 0.419 e. The Morgan fingerprint density at radius 3 is 2.27 bits per heavy atom. The molecule has 1 unspecified atom stereocenters. The Bertz CT molecular complexity index is 1160. The van der Waals surface area contributed by atoms with Crippen molar-refractivity contribution < 1.29 is 35.9 Å². The Morgan fingerprint density at radius 2 is 1.76 bits per heavy atom. The van der Waals surface area contributed by atoms with E-state index in [2.05, 4.69) is 0 Å². The van der Waals surface area contributed by atoms with Gasteiger partial charge in [0.25, 0.3) is 0 Å². The van der Waals surface area contributed by atoms with E-state index in [1.54, 1.807) is 31.7 Å². The molecule has 0 aromatic heterocycles. The summed E-state index contributed by atoms with van der Waals surface area (Å²) < 4.78 is 78.7. The number of carboxylic acids is 1. The maximum Gasteiger partial charge on any atom is 0.419 e. The molecule has 0 saturated carbocycles. The van der Waals surface area contributed by atoms with Gasteiger partial charge >= 0.3 is 22.2 Å². The molecule has 0 amide bonds. The zero-order valence-electron chi connectivity index (χ0n) is 18.3. The van der Waals surface area contributed by atoms with Crippen molar-refractivity contribution in [1.82, 2.24) is 4.31 Å². The van der Waals surface area contributed by atoms with Gasteiger partial charge in [-0.05, 0) is 62.2 Å². The van der Waals surface area contributed by atoms with Gasteiger partial charge in [-0.2, -0.15) is 17.4 Å². The molecule has 6 nitrogen and oxygen atoms in total. The van der Waals surface area contributed by atoms with Crippen LogP contribution >= 0.6 is 0 Å². The Balaban J connectivity index is 1.88. The molecule has 3 rings (SSSR count). The van der Waals surface area contributed by atoms with Gasteiger partial charge in [0.15, 0.2) is 0 Å². The van der Waals surface area contributed by atoms with E-state index in [1.165, 1.54) is 22.5 Å². The van der Waals surface area contributed by atoms with Crippen molar-refractivity contribution in [3.8, 4) is 0 Å². The van der Waals surface area contributed by atoms with Gasteiger partial charge in [-0.3, -0.25) is 4.79 Å². The molecule has 1 aliphatic heterocycles. The van der Waals surface area contributed by atoms with Crippen molar-refractivity contribution in [3.05, 3.63) is 58.9 Å². The number of carbonyl (C=O) groups is 1. The third kappa shape index (κ3) is 5.30. The lowest BCUT2D eigenvalue weighted by Crippen LogP contribution is -2.58. The summed E-state index contributed by atoms with van der Waals surface area (Å²) >= 11 is 0. The van der Waals surface area contributed by atoms with Crippen molar-refractivity contribution in [2.24, 2.45) is 0 Å². The van der Waals surface area contributed by atoms with Crippen molar-refractivity contribution in [2.75, 3.05) is 18.0 Å². The fraction of sp³-hybridized carbons (Fsp3) is 0.409. The number of aliphatic carboxylic acids is 1. The van der Waals surface area contributed by atoms with Crippen molar-refractivity contribution in [1.29, 1.82) is 0 Å². The normalized spacial score (nSPS) is 21.6. The van der Waals surface area contributed by atoms with Crippen LogP contribution in [0.5, 0.6) is 0 Å². The molecule has 2 aromatic carbocycles. The van der Waals surface area contributed by atoms with Gasteiger partial charge in [0.2, 0.25) is 0 Å². The van der Waals surface area contributed by atoms with Gasteiger partial charge < -0.3 is 10.0 Å². The summed E-state index contributed by atoms with van der Waals surface area (Å²) in [4.78, 5) is 12.8. The van der Waals surface area contributed by atoms with Crippen LogP contribution in [0.1, 0.15) is 30.5 Å². The van der Waals surface area contributed by atoms with Crippen LogP contribution in [0.25, 0.3) is 0 Å². The monoisotopic (exact) mass is 489 g/mol. The largest absolute Gasteiger partial charge is 0.481 e. The summed E-state index contributed by atoms with van der Waals surface area (Å²) in [5, 5.41) is 9.06. The highest BCUT2D eigenvalue weighted by Crippen LogP contribution is 2.34. The second kappa shape index (κ2) is 8.94. The summed E-state index contributed by atoms with van der Waals surface area (Å²) in [7, 11) is -3.74. The van der Waals surface area contributed by atoms with Crippen molar-refractivity contribution in [3.63, 3.8) is 0 Å². The minimum absolute atomic E-state index is 0.0893. The third-order valence-corrected chi connectivity index (χ3v) is 7.66. The molecule has 1 heterocycles. The molecule has 0 radical (unpaired) electrons. The molecule has 0 aliphatic carbocycles. The number of benzene rings is 2. The standard InChI is InChI=1S/C22H24F4N2O4S/c1-13-6-16(9-21(29)30)8-18(7-13)33(31,32)28-14(2)11-27(12-15(28)3)17-4-5-19(20(23)10-17)22(24,25)26/h4-8,10,14-15H,9,11-12H2,1-3H3,(H,29,30)/p+1/t14-,15+. The van der Waals surface area contributed by atoms with Crippen molar-refractivity contribution >= 4 is 21.7 Å². The molecule has 1 aliphatic rings. The first kappa shape index (κ1) is 25.0. The zero-order valence-corrected chi connectivity index (χ0v) is 19.1. The first-order valence-electron chi connectivity index (χ1n) is 10.2. The van der Waals surface area contributed by atoms with E-state index in [0.717, 1.165) is 6.07 Å². The topological polar surface area (TPSA) is 82.2 Å². The number of anilines is 1. The number of piperazine rings is 1. The lowest BCUT2D eigenvalue weighted by atomic mass is 10.1. The minimum atomic E-state index is -4.79. The summed E-state index contributed by atoms with van der Waals surface area (Å²) in [5.74, 6) is -2.44. The molecule has 2 N–H and O–H groups in total. The van der Waals surface area contributed by atoms with Crippen molar-refractivity contribution in [2.45, 2.75) is 50.3 Å². The predicted molar refractivity (Wildman–Crippen MR) is 115 cm³/mol. The predicted octanol–water partition coefficient (Wildman–Crippen LogP) is 4.23. The van der Waals surface area contributed by atoms with E-state index in [0.29, 0.717) is 17.2 Å². The number of halogens is 4. The molecule has 33 heavy (non-hydrogen) atoms. The number of alkyl halides is 3. The molecule has 0 spiro atoms. The third-order valence-electron chi connectivity index (χ3n) is 5.52. The SMILES string of the molecule is Cc1cc(CC(=O)O)cc(S(=O)(=[OH+])N2[C@H](C)CN(c3ccc(C(F)(F)F)c(F)c3)C[C@@H]2C)c1. The molecule has 1 saturated heterocycles. The number of hydrogen-bond acceptors (Lipinski definition) is 3. The van der Waals surface area contributed by atoms with Crippen LogP contribution in [0.2, 0.25) is 0 Å². The summed E-state index contributed by atoms with van der Waals surface area (Å²) in [5.41, 5.74) is -0.0493. The van der Waals surface area contributed by atoms with Gasteiger partial charge in [-0.15, -0.1) is 4.31 Å². The van der Waals surface area contributed by atoms with E-state index in [4.69, 9.17) is 5.11 Å². The molecule has 180 valence electrons. The molecule has 11 heteroatoms. The molecule has 2 aromatic rings. The van der Waals surface area contributed by atoms with Gasteiger partial charge in [0, 0.05) is 30.9 Å². The Morgan fingerprint density at radius 1 is 1.15 bits per heavy atom. The highest BCUT2D eigenvalue weighted by molar-refractivity contribution is 7.89. The molecule has 0 bridgehead atoms. The number of hydrogen-bond donors (Lipinski definition) is 1. The van der Waals surface area contributed by atoms with Crippen LogP contribution in [0, 0.1) is 12.7 Å². The highest BCUT2D eigenvalue weighted by atomic mass is 32.2. The first-order valence-corrected chi connectivity index (χ1v) is 11.7. The Kier molecular flexibility index (Phi) is 6.77. The summed E-state index contributed by atoms with van der Waals surface area (Å²) in [6, 6.07) is 6.25. The van der Waals surface area contributed by atoms with E-state index >= 15 is 0 Å². The molecule has 3 atom stereocenters. The van der Waals surface area contributed by atoms with Crippen LogP contribution in [0.3, 0.4) is 0 Å².